The van der Waals surface area contributed by atoms with Gasteiger partial charge in [0.1, 0.15) is 0 Å². The average Bonchev–Trinajstić information content (AvgIpc) is 2.89. The molecule has 0 unspecified atom stereocenters. The predicted octanol–water partition coefficient (Wildman–Crippen LogP) is 2.57. The lowest BCUT2D eigenvalue weighted by Crippen LogP contribution is -2.06. The second-order valence-electron chi connectivity index (χ2n) is 3.86. The number of imidazole rings is 1. The van der Waals surface area contributed by atoms with Gasteiger partial charge in [0, 0.05) is 23.7 Å². The molecule has 0 radical (unpaired) electrons. The van der Waals surface area contributed by atoms with E-state index in [1.54, 1.807) is 5.38 Å². The number of aliphatic carboxylic acids is 1. The highest BCUT2D eigenvalue weighted by Crippen LogP contribution is 2.30. The van der Waals surface area contributed by atoms with Gasteiger partial charge in [-0.15, -0.1) is 11.3 Å². The van der Waals surface area contributed by atoms with Gasteiger partial charge in [-0.1, -0.05) is 0 Å². The maximum absolute atomic E-state index is 12.6. The van der Waals surface area contributed by atoms with Crippen molar-refractivity contribution in [2.24, 2.45) is 0 Å². The van der Waals surface area contributed by atoms with Crippen molar-refractivity contribution in [3.05, 3.63) is 34.8 Å². The molecule has 0 atom stereocenters. The van der Waals surface area contributed by atoms with Crippen molar-refractivity contribution in [1.29, 1.82) is 0 Å². The third kappa shape index (κ3) is 2.77. The summed E-state index contributed by atoms with van der Waals surface area (Å²) in [6.07, 6.45) is -2.68. The maximum Gasteiger partial charge on any atom is 0.434 e. The molecule has 5 nitrogen and oxygen atoms in total. The van der Waals surface area contributed by atoms with Crippen molar-refractivity contribution in [3.63, 3.8) is 0 Å². The highest BCUT2D eigenvalue weighted by atomic mass is 32.1. The highest BCUT2D eigenvalue weighted by Gasteiger charge is 2.34. The number of alkyl halides is 3. The average molecular weight is 306 g/mol. The van der Waals surface area contributed by atoms with Crippen molar-refractivity contribution in [1.82, 2.24) is 9.38 Å². The van der Waals surface area contributed by atoms with Crippen molar-refractivity contribution in [2.75, 3.05) is 7.11 Å². The van der Waals surface area contributed by atoms with E-state index in [-0.39, 0.29) is 17.0 Å². The van der Waals surface area contributed by atoms with Crippen LogP contribution in [0.2, 0.25) is 0 Å². The number of carbonyl (C=O) groups is 1. The van der Waals surface area contributed by atoms with E-state index in [9.17, 15) is 18.0 Å². The molecule has 108 valence electrons. The van der Waals surface area contributed by atoms with Gasteiger partial charge in [0.15, 0.2) is 10.7 Å². The minimum atomic E-state index is -4.53. The molecule has 2 aromatic heterocycles. The molecule has 0 aliphatic carbocycles. The summed E-state index contributed by atoms with van der Waals surface area (Å²) in [6, 6.07) is 0. The van der Waals surface area contributed by atoms with Crippen molar-refractivity contribution >= 4 is 22.3 Å². The maximum atomic E-state index is 12.6. The lowest BCUT2D eigenvalue weighted by atomic mass is 10.2. The van der Waals surface area contributed by atoms with Crippen molar-refractivity contribution in [3.8, 4) is 0 Å². The van der Waals surface area contributed by atoms with Crippen LogP contribution in [0.4, 0.5) is 13.2 Å². The Hall–Kier alpha value is -2.03. The number of methoxy groups -OCH3 is 1. The Morgan fingerprint density at radius 2 is 2.30 bits per heavy atom. The monoisotopic (exact) mass is 306 g/mol. The second-order valence-corrected chi connectivity index (χ2v) is 4.70. The first-order chi connectivity index (χ1) is 9.32. The number of fused-ring (bicyclic) bond motifs is 1. The molecule has 1 N–H and O–H groups in total. The van der Waals surface area contributed by atoms with Gasteiger partial charge in [-0.05, 0) is 0 Å². The first-order valence-electron chi connectivity index (χ1n) is 5.30. The summed E-state index contributed by atoms with van der Waals surface area (Å²) in [5.41, 5.74) is -0.661. The molecule has 0 aliphatic heterocycles. The van der Waals surface area contributed by atoms with Gasteiger partial charge in [0.25, 0.3) is 0 Å². The minimum Gasteiger partial charge on any atom is -0.504 e. The Balaban J connectivity index is 2.38. The molecule has 0 fully saturated rings. The van der Waals surface area contributed by atoms with E-state index in [0.29, 0.717) is 5.69 Å². The van der Waals surface area contributed by atoms with Crippen LogP contribution in [-0.2, 0) is 22.1 Å². The lowest BCUT2D eigenvalue weighted by Gasteiger charge is -2.02. The third-order valence-electron chi connectivity index (χ3n) is 2.48. The molecule has 0 amide bonds. The zero-order chi connectivity index (χ0) is 14.9. The zero-order valence-corrected chi connectivity index (χ0v) is 11.0. The predicted molar refractivity (Wildman–Crippen MR) is 64.5 cm³/mol. The van der Waals surface area contributed by atoms with Crippen LogP contribution in [-0.4, -0.2) is 27.6 Å². The van der Waals surface area contributed by atoms with Crippen molar-refractivity contribution in [2.45, 2.75) is 12.6 Å². The molecule has 2 rings (SSSR count). The van der Waals surface area contributed by atoms with Crippen LogP contribution >= 0.6 is 11.3 Å². The van der Waals surface area contributed by atoms with Crippen molar-refractivity contribution < 1.29 is 27.8 Å². The van der Waals surface area contributed by atoms with Gasteiger partial charge >= 0.3 is 12.1 Å². The number of halogens is 3. The quantitative estimate of drug-likeness (QED) is 0.696. The number of carboxylic acids is 1. The van der Waals surface area contributed by atoms with E-state index in [4.69, 9.17) is 5.11 Å². The van der Waals surface area contributed by atoms with Crippen LogP contribution in [0, 0.1) is 0 Å². The van der Waals surface area contributed by atoms with E-state index in [0.717, 1.165) is 23.8 Å². The van der Waals surface area contributed by atoms with E-state index >= 15 is 0 Å². The molecule has 20 heavy (non-hydrogen) atoms. The molecule has 0 aliphatic rings. The van der Waals surface area contributed by atoms with Gasteiger partial charge in [-0.25, -0.2) is 9.78 Å². The third-order valence-corrected chi connectivity index (χ3v) is 3.37. The number of aromatic nitrogens is 2. The van der Waals surface area contributed by atoms with E-state index in [1.165, 1.54) is 11.5 Å². The first kappa shape index (κ1) is 14.4. The molecule has 0 aromatic carbocycles. The van der Waals surface area contributed by atoms with Crippen LogP contribution in [0.1, 0.15) is 11.4 Å². The Morgan fingerprint density at radius 3 is 2.85 bits per heavy atom. The normalized spacial score (nSPS) is 12.9. The molecule has 0 saturated carbocycles. The summed E-state index contributed by atoms with van der Waals surface area (Å²) in [6.45, 7) is 0. The molecule has 9 heteroatoms. The largest absolute Gasteiger partial charge is 0.504 e. The van der Waals surface area contributed by atoms with Crippen LogP contribution in [0.25, 0.3) is 4.96 Å². The molecule has 2 aromatic rings. The number of hydrogen-bond donors (Lipinski definition) is 1. The van der Waals surface area contributed by atoms with E-state index in [1.807, 2.05) is 0 Å². The molecule has 0 saturated heterocycles. The van der Waals surface area contributed by atoms with E-state index in [2.05, 4.69) is 9.72 Å². The number of hydrogen-bond acceptors (Lipinski definition) is 4. The highest BCUT2D eigenvalue weighted by molar-refractivity contribution is 7.15. The summed E-state index contributed by atoms with van der Waals surface area (Å²) in [5, 5.41) is 10.5. The lowest BCUT2D eigenvalue weighted by molar-refractivity contribution is -0.140. The zero-order valence-electron chi connectivity index (χ0n) is 10.1. The molecular formula is C11H9F3N2O3S. The van der Waals surface area contributed by atoms with Crippen LogP contribution < -0.4 is 0 Å². The Bertz CT molecular complexity index is 672. The summed E-state index contributed by atoms with van der Waals surface area (Å²) in [7, 11) is 1.30. The summed E-state index contributed by atoms with van der Waals surface area (Å²) >= 11 is 1.01. The number of carboxylic acid groups (broad SMARTS) is 1. The smallest absolute Gasteiger partial charge is 0.434 e. The molecular weight excluding hydrogens is 297 g/mol. The minimum absolute atomic E-state index is 0.0587. The summed E-state index contributed by atoms with van der Waals surface area (Å²) in [5.74, 6) is -1.19. The van der Waals surface area contributed by atoms with Crippen LogP contribution in [0.15, 0.2) is 23.4 Å². The molecule has 2 heterocycles. The van der Waals surface area contributed by atoms with Crippen LogP contribution in [0.3, 0.4) is 0 Å². The van der Waals surface area contributed by atoms with Gasteiger partial charge in [0.2, 0.25) is 0 Å². The fourth-order valence-corrected chi connectivity index (χ4v) is 2.47. The van der Waals surface area contributed by atoms with E-state index < -0.39 is 17.8 Å². The number of ether oxygens (including phenoxy) is 1. The Labute approximate surface area is 114 Å². The van der Waals surface area contributed by atoms with Gasteiger partial charge in [-0.2, -0.15) is 13.2 Å². The SMILES string of the molecule is COC=C(Cc1csc2nc(C(F)(F)F)cn12)C(=O)O. The number of thiazole rings is 1. The fraction of sp³-hybridized carbons (Fsp3) is 0.273. The fourth-order valence-electron chi connectivity index (χ4n) is 1.60. The van der Waals surface area contributed by atoms with Gasteiger partial charge < -0.3 is 9.84 Å². The standard InChI is InChI=1S/C11H9F3N2O3S/c1-19-4-6(9(17)18)2-7-5-20-10-15-8(3-16(7)10)11(12,13)14/h3-5H,2H2,1H3,(H,17,18). The Morgan fingerprint density at radius 1 is 1.60 bits per heavy atom. The molecule has 0 bridgehead atoms. The summed E-state index contributed by atoms with van der Waals surface area (Å²) in [4.78, 5) is 14.6. The topological polar surface area (TPSA) is 63.8 Å². The molecule has 0 spiro atoms. The van der Waals surface area contributed by atoms with Gasteiger partial charge in [-0.3, -0.25) is 4.40 Å². The first-order valence-corrected chi connectivity index (χ1v) is 6.18. The number of rotatable bonds is 4. The summed E-state index contributed by atoms with van der Waals surface area (Å²) < 4.78 is 43.5. The van der Waals surface area contributed by atoms with Gasteiger partial charge in [0.05, 0.1) is 18.9 Å². The van der Waals surface area contributed by atoms with Crippen LogP contribution in [0.5, 0.6) is 0 Å². The number of nitrogens with zero attached hydrogens (tertiary/aromatic N) is 2. The Kier molecular flexibility index (Phi) is 3.71. The second kappa shape index (κ2) is 5.16.